The van der Waals surface area contributed by atoms with E-state index >= 15 is 0 Å². The number of hydrogen-bond acceptors (Lipinski definition) is 4. The Bertz CT molecular complexity index is 525. The van der Waals surface area contributed by atoms with Gasteiger partial charge in [-0.05, 0) is 33.6 Å². The molecule has 1 N–H and O–H groups in total. The topological polar surface area (TPSA) is 74.9 Å². The predicted molar refractivity (Wildman–Crippen MR) is 91.2 cm³/mol. The lowest BCUT2D eigenvalue weighted by atomic mass is 10.2. The molecule has 0 atom stereocenters. The zero-order chi connectivity index (χ0) is 17.6. The molecule has 130 valence electrons. The molecule has 1 amide bonds. The van der Waals surface area contributed by atoms with Gasteiger partial charge in [-0.25, -0.2) is 0 Å². The molecule has 0 fully saturated rings. The Morgan fingerprint density at radius 3 is 2.35 bits per heavy atom. The van der Waals surface area contributed by atoms with Crippen molar-refractivity contribution in [3.8, 4) is 0 Å². The van der Waals surface area contributed by atoms with Crippen molar-refractivity contribution in [1.82, 2.24) is 20.1 Å². The molecular weight excluding hydrogens is 292 g/mol. The fourth-order valence-corrected chi connectivity index (χ4v) is 2.25. The number of rotatable bonds is 8. The highest BCUT2D eigenvalue weighted by molar-refractivity contribution is 5.72. The maximum atomic E-state index is 11.2. The van der Waals surface area contributed by atoms with Crippen molar-refractivity contribution >= 4 is 11.7 Å². The summed E-state index contributed by atoms with van der Waals surface area (Å²) in [5, 5.41) is 17.9. The highest BCUT2D eigenvalue weighted by Crippen LogP contribution is 2.19. The average molecular weight is 322 g/mol. The number of carbonyl (C=O) groups excluding carboxylic acids is 1. The van der Waals surface area contributed by atoms with Crippen molar-refractivity contribution in [3.63, 3.8) is 0 Å². The van der Waals surface area contributed by atoms with Crippen molar-refractivity contribution in [2.75, 3.05) is 0 Å². The third-order valence-corrected chi connectivity index (χ3v) is 3.20. The maximum absolute atomic E-state index is 11.2. The van der Waals surface area contributed by atoms with E-state index in [4.69, 9.17) is 0 Å². The minimum atomic E-state index is -0.0736. The molecule has 0 spiro atoms. The molecule has 7 nitrogen and oxygen atoms in total. The normalized spacial score (nSPS) is 11.9. The second-order valence-electron chi connectivity index (χ2n) is 6.76. The van der Waals surface area contributed by atoms with E-state index in [1.54, 1.807) is 0 Å². The standard InChI is InChI=1S/C16H30N6O/c1-11(2)9-21-10-15(8-17-14(7)23)16(19-21)18-20-22(12(3)4)13(5)6/h10-13H,8-9H2,1-7H3,(H,17,23). The largest absolute Gasteiger partial charge is 0.352 e. The van der Waals surface area contributed by atoms with Crippen molar-refractivity contribution < 1.29 is 4.79 Å². The average Bonchev–Trinajstić information content (AvgIpc) is 2.76. The first-order valence-corrected chi connectivity index (χ1v) is 8.21. The van der Waals surface area contributed by atoms with Gasteiger partial charge in [0.05, 0.1) is 0 Å². The molecule has 0 aliphatic heterocycles. The number of amides is 1. The van der Waals surface area contributed by atoms with Gasteiger partial charge >= 0.3 is 0 Å². The maximum Gasteiger partial charge on any atom is 0.217 e. The van der Waals surface area contributed by atoms with E-state index in [0.717, 1.165) is 12.1 Å². The van der Waals surface area contributed by atoms with Crippen LogP contribution in [0.15, 0.2) is 16.5 Å². The summed E-state index contributed by atoms with van der Waals surface area (Å²) in [6.45, 7) is 15.3. The molecule has 1 rings (SSSR count). The van der Waals surface area contributed by atoms with Crippen LogP contribution in [0, 0.1) is 5.92 Å². The molecule has 0 bridgehead atoms. The van der Waals surface area contributed by atoms with Crippen molar-refractivity contribution in [3.05, 3.63) is 11.8 Å². The summed E-state index contributed by atoms with van der Waals surface area (Å²) in [6.07, 6.45) is 1.93. The van der Waals surface area contributed by atoms with Crippen LogP contribution in [0.2, 0.25) is 0 Å². The van der Waals surface area contributed by atoms with Crippen LogP contribution in [0.1, 0.15) is 54.0 Å². The Labute approximate surface area is 139 Å². The van der Waals surface area contributed by atoms with Gasteiger partial charge in [-0.1, -0.05) is 19.1 Å². The van der Waals surface area contributed by atoms with Crippen LogP contribution in [0.25, 0.3) is 0 Å². The molecule has 0 aromatic carbocycles. The zero-order valence-electron chi connectivity index (χ0n) is 15.4. The summed E-state index contributed by atoms with van der Waals surface area (Å²) < 4.78 is 1.87. The molecule has 1 aromatic rings. The van der Waals surface area contributed by atoms with Gasteiger partial charge < -0.3 is 5.32 Å². The smallest absolute Gasteiger partial charge is 0.217 e. The van der Waals surface area contributed by atoms with Gasteiger partial charge in [0, 0.05) is 43.9 Å². The zero-order valence-corrected chi connectivity index (χ0v) is 15.4. The lowest BCUT2D eigenvalue weighted by molar-refractivity contribution is -0.119. The van der Waals surface area contributed by atoms with E-state index in [1.165, 1.54) is 6.92 Å². The molecule has 1 aromatic heterocycles. The van der Waals surface area contributed by atoms with Gasteiger partial charge in [0.1, 0.15) is 0 Å². The van der Waals surface area contributed by atoms with Gasteiger partial charge in [0.2, 0.25) is 11.7 Å². The summed E-state index contributed by atoms with van der Waals surface area (Å²) in [5.74, 6) is 0.970. The molecule has 0 radical (unpaired) electrons. The van der Waals surface area contributed by atoms with Gasteiger partial charge in [0.25, 0.3) is 0 Å². The number of hydrogen-bond donors (Lipinski definition) is 1. The number of carbonyl (C=O) groups is 1. The second kappa shape index (κ2) is 8.64. The fraction of sp³-hybridized carbons (Fsp3) is 0.750. The monoisotopic (exact) mass is 322 g/mol. The van der Waals surface area contributed by atoms with Crippen LogP contribution in [0.5, 0.6) is 0 Å². The van der Waals surface area contributed by atoms with Gasteiger partial charge in [-0.3, -0.25) is 14.5 Å². The Hall–Kier alpha value is -1.92. The van der Waals surface area contributed by atoms with Crippen LogP contribution in [0.3, 0.4) is 0 Å². The van der Waals surface area contributed by atoms with Crippen molar-refractivity contribution in [2.24, 2.45) is 16.3 Å². The molecule has 0 saturated carbocycles. The minimum absolute atomic E-state index is 0.0736. The molecule has 0 saturated heterocycles. The second-order valence-corrected chi connectivity index (χ2v) is 6.76. The Balaban J connectivity index is 3.00. The first kappa shape index (κ1) is 19.1. The first-order chi connectivity index (χ1) is 10.7. The number of nitrogens with zero attached hydrogens (tertiary/aromatic N) is 5. The first-order valence-electron chi connectivity index (χ1n) is 8.21. The van der Waals surface area contributed by atoms with Gasteiger partial charge in [-0.2, -0.15) is 5.10 Å². The summed E-state index contributed by atoms with van der Waals surface area (Å²) in [4.78, 5) is 11.2. The summed E-state index contributed by atoms with van der Waals surface area (Å²) in [7, 11) is 0. The van der Waals surface area contributed by atoms with E-state index in [1.807, 2.05) is 15.9 Å². The Morgan fingerprint density at radius 2 is 1.87 bits per heavy atom. The number of aromatic nitrogens is 2. The summed E-state index contributed by atoms with van der Waals surface area (Å²) in [5.41, 5.74) is 0.872. The van der Waals surface area contributed by atoms with Crippen molar-refractivity contribution in [1.29, 1.82) is 0 Å². The number of nitrogens with one attached hydrogen (secondary N) is 1. The Kier molecular flexibility index (Phi) is 7.19. The van der Waals surface area contributed by atoms with Crippen LogP contribution in [-0.4, -0.2) is 32.8 Å². The van der Waals surface area contributed by atoms with E-state index < -0.39 is 0 Å². The molecule has 7 heteroatoms. The fourth-order valence-electron chi connectivity index (χ4n) is 2.25. The molecule has 1 heterocycles. The predicted octanol–water partition coefficient (Wildman–Crippen LogP) is 3.29. The lowest BCUT2D eigenvalue weighted by Crippen LogP contribution is -2.31. The summed E-state index contributed by atoms with van der Waals surface area (Å²) in [6, 6.07) is 0.519. The molecule has 0 unspecified atom stereocenters. The van der Waals surface area contributed by atoms with Crippen LogP contribution >= 0.6 is 0 Å². The minimum Gasteiger partial charge on any atom is -0.352 e. The van der Waals surface area contributed by atoms with Crippen LogP contribution in [0.4, 0.5) is 5.82 Å². The lowest BCUT2D eigenvalue weighted by Gasteiger charge is -2.25. The van der Waals surface area contributed by atoms with Crippen molar-refractivity contribution in [2.45, 2.75) is 73.6 Å². The van der Waals surface area contributed by atoms with E-state index in [-0.39, 0.29) is 18.0 Å². The third kappa shape index (κ3) is 6.38. The molecule has 0 aliphatic carbocycles. The van der Waals surface area contributed by atoms with E-state index in [2.05, 4.69) is 62.3 Å². The highest BCUT2D eigenvalue weighted by Gasteiger charge is 2.13. The van der Waals surface area contributed by atoms with Gasteiger partial charge in [-0.15, -0.1) is 5.11 Å². The molecular formula is C16H30N6O. The Morgan fingerprint density at radius 1 is 1.26 bits per heavy atom. The van der Waals surface area contributed by atoms with Crippen LogP contribution < -0.4 is 5.32 Å². The van der Waals surface area contributed by atoms with Gasteiger partial charge in [0.15, 0.2) is 0 Å². The molecule has 0 aliphatic rings. The molecule has 23 heavy (non-hydrogen) atoms. The third-order valence-electron chi connectivity index (χ3n) is 3.20. The van der Waals surface area contributed by atoms with Crippen LogP contribution in [-0.2, 0) is 17.9 Å². The summed E-state index contributed by atoms with van der Waals surface area (Å²) >= 11 is 0. The quantitative estimate of drug-likeness (QED) is 0.589. The van der Waals surface area contributed by atoms with E-state index in [0.29, 0.717) is 18.3 Å². The highest BCUT2D eigenvalue weighted by atomic mass is 16.1. The SMILES string of the molecule is CC(=O)NCc1cn(CC(C)C)nc1N=NN(C(C)C)C(C)C. The van der Waals surface area contributed by atoms with E-state index in [9.17, 15) is 4.79 Å².